The highest BCUT2D eigenvalue weighted by Gasteiger charge is 2.05. The van der Waals surface area contributed by atoms with Gasteiger partial charge in [0.25, 0.3) is 0 Å². The first-order valence-electron chi connectivity index (χ1n) is 8.34. The minimum Gasteiger partial charge on any atom is -0.493 e. The van der Waals surface area contributed by atoms with Gasteiger partial charge in [-0.2, -0.15) is 0 Å². The van der Waals surface area contributed by atoms with Gasteiger partial charge in [-0.05, 0) is 41.0 Å². The molecular formula is C19H27IO4. The molecule has 0 N–H and O–H groups in total. The van der Waals surface area contributed by atoms with Gasteiger partial charge in [0.15, 0.2) is 11.5 Å². The Labute approximate surface area is 158 Å². The van der Waals surface area contributed by atoms with Gasteiger partial charge in [-0.3, -0.25) is 0 Å². The summed E-state index contributed by atoms with van der Waals surface area (Å²) in [5, 5.41) is 0. The van der Waals surface area contributed by atoms with Crippen molar-refractivity contribution in [1.29, 1.82) is 0 Å². The molecule has 0 aliphatic carbocycles. The van der Waals surface area contributed by atoms with Gasteiger partial charge in [0.1, 0.15) is 0 Å². The molecule has 1 aromatic carbocycles. The van der Waals surface area contributed by atoms with Crippen LogP contribution >= 0.6 is 22.6 Å². The number of unbranched alkanes of at least 4 members (excludes halogenated alkanes) is 5. The average Bonchev–Trinajstić information content (AvgIpc) is 2.62. The topological polar surface area (TPSA) is 44.8 Å². The number of benzene rings is 1. The summed E-state index contributed by atoms with van der Waals surface area (Å²) in [4.78, 5) is 11.1. The first kappa shape index (κ1) is 20.8. The molecule has 0 aliphatic rings. The third kappa shape index (κ3) is 8.57. The van der Waals surface area contributed by atoms with Crippen LogP contribution < -0.4 is 9.47 Å². The number of hydrogen-bond donors (Lipinski definition) is 0. The molecule has 0 fully saturated rings. The van der Waals surface area contributed by atoms with Crippen LogP contribution in [0.25, 0.3) is 6.08 Å². The van der Waals surface area contributed by atoms with Gasteiger partial charge in [0.05, 0.1) is 20.8 Å². The quantitative estimate of drug-likeness (QED) is 0.149. The highest BCUT2D eigenvalue weighted by Crippen LogP contribution is 2.28. The second-order valence-electron chi connectivity index (χ2n) is 5.43. The van der Waals surface area contributed by atoms with Crippen LogP contribution in [-0.2, 0) is 9.53 Å². The van der Waals surface area contributed by atoms with Crippen LogP contribution in [0.3, 0.4) is 0 Å². The molecular weight excluding hydrogens is 419 g/mol. The van der Waals surface area contributed by atoms with Crippen molar-refractivity contribution in [3.05, 3.63) is 29.8 Å². The van der Waals surface area contributed by atoms with Gasteiger partial charge in [-0.15, -0.1) is 0 Å². The highest BCUT2D eigenvalue weighted by molar-refractivity contribution is 14.1. The van der Waals surface area contributed by atoms with E-state index in [1.54, 1.807) is 13.2 Å². The number of alkyl halides is 1. The van der Waals surface area contributed by atoms with Crippen LogP contribution in [-0.4, -0.2) is 31.2 Å². The van der Waals surface area contributed by atoms with Crippen LogP contribution in [0.2, 0.25) is 0 Å². The van der Waals surface area contributed by atoms with Crippen molar-refractivity contribution in [2.75, 3.05) is 25.3 Å². The van der Waals surface area contributed by atoms with Gasteiger partial charge < -0.3 is 14.2 Å². The average molecular weight is 446 g/mol. The fraction of sp³-hybridized carbons (Fsp3) is 0.526. The maximum Gasteiger partial charge on any atom is 0.330 e. The molecule has 0 unspecified atom stereocenters. The molecule has 0 spiro atoms. The first-order valence-corrected chi connectivity index (χ1v) is 9.86. The summed E-state index contributed by atoms with van der Waals surface area (Å²) in [5.41, 5.74) is 0.861. The maximum absolute atomic E-state index is 11.1. The molecule has 0 saturated carbocycles. The summed E-state index contributed by atoms with van der Waals surface area (Å²) in [6.07, 6.45) is 10.6. The molecule has 24 heavy (non-hydrogen) atoms. The summed E-state index contributed by atoms with van der Waals surface area (Å²) in [6, 6.07) is 5.61. The fourth-order valence-electron chi connectivity index (χ4n) is 2.23. The number of carbonyl (C=O) groups excluding carboxylic acids is 1. The molecule has 1 rings (SSSR count). The number of hydrogen-bond acceptors (Lipinski definition) is 4. The number of ether oxygens (including phenoxy) is 3. The van der Waals surface area contributed by atoms with E-state index in [1.807, 2.05) is 18.2 Å². The largest absolute Gasteiger partial charge is 0.493 e. The van der Waals surface area contributed by atoms with Crippen LogP contribution in [0.1, 0.15) is 44.1 Å². The maximum atomic E-state index is 11.1. The Morgan fingerprint density at radius 1 is 1.04 bits per heavy atom. The SMILES string of the molecule is COC(=O)C=Cc1ccc(OCCCCCCCCI)c(OC)c1. The lowest BCUT2D eigenvalue weighted by Gasteiger charge is -2.11. The smallest absolute Gasteiger partial charge is 0.330 e. The monoisotopic (exact) mass is 446 g/mol. The molecule has 0 amide bonds. The molecule has 0 aliphatic heterocycles. The van der Waals surface area contributed by atoms with Crippen molar-refractivity contribution in [3.8, 4) is 11.5 Å². The lowest BCUT2D eigenvalue weighted by molar-refractivity contribution is -0.134. The third-order valence-corrected chi connectivity index (χ3v) is 4.35. The molecule has 0 atom stereocenters. The molecule has 0 saturated heterocycles. The second-order valence-corrected chi connectivity index (χ2v) is 6.50. The predicted molar refractivity (Wildman–Crippen MR) is 106 cm³/mol. The van der Waals surface area contributed by atoms with E-state index in [2.05, 4.69) is 27.3 Å². The number of halogens is 1. The lowest BCUT2D eigenvalue weighted by atomic mass is 10.1. The van der Waals surface area contributed by atoms with E-state index in [9.17, 15) is 4.79 Å². The molecule has 5 heteroatoms. The van der Waals surface area contributed by atoms with Crippen molar-refractivity contribution in [1.82, 2.24) is 0 Å². The Kier molecular flexibility index (Phi) is 11.4. The van der Waals surface area contributed by atoms with E-state index in [1.165, 1.54) is 49.7 Å². The van der Waals surface area contributed by atoms with Gasteiger partial charge in [-0.1, -0.05) is 54.3 Å². The zero-order chi connectivity index (χ0) is 17.6. The van der Waals surface area contributed by atoms with Crippen LogP contribution in [0.15, 0.2) is 24.3 Å². The Bertz CT molecular complexity index is 514. The zero-order valence-corrected chi connectivity index (χ0v) is 16.7. The van der Waals surface area contributed by atoms with E-state index < -0.39 is 0 Å². The predicted octanol–water partition coefficient (Wildman–Crippen LogP) is 5.04. The van der Waals surface area contributed by atoms with Crippen LogP contribution in [0.5, 0.6) is 11.5 Å². The van der Waals surface area contributed by atoms with Gasteiger partial charge >= 0.3 is 5.97 Å². The number of esters is 1. The van der Waals surface area contributed by atoms with E-state index in [4.69, 9.17) is 9.47 Å². The summed E-state index contributed by atoms with van der Waals surface area (Å²) >= 11 is 2.43. The summed E-state index contributed by atoms with van der Waals surface area (Å²) in [6.45, 7) is 0.694. The number of carbonyl (C=O) groups is 1. The molecule has 0 aromatic heterocycles. The number of rotatable bonds is 12. The van der Waals surface area contributed by atoms with Gasteiger partial charge in [0, 0.05) is 6.08 Å². The van der Waals surface area contributed by atoms with Gasteiger partial charge in [-0.25, -0.2) is 4.79 Å². The van der Waals surface area contributed by atoms with E-state index >= 15 is 0 Å². The van der Waals surface area contributed by atoms with Crippen molar-refractivity contribution in [2.24, 2.45) is 0 Å². The fourth-order valence-corrected chi connectivity index (χ4v) is 2.76. The standard InChI is InChI=1S/C19H27IO4/c1-22-18-15-16(10-12-19(21)23-2)9-11-17(18)24-14-8-6-4-3-5-7-13-20/h9-12,15H,3-8,13-14H2,1-2H3. The van der Waals surface area contributed by atoms with Crippen LogP contribution in [0, 0.1) is 0 Å². The van der Waals surface area contributed by atoms with Crippen molar-refractivity contribution in [3.63, 3.8) is 0 Å². The molecule has 1 aromatic rings. The summed E-state index contributed by atoms with van der Waals surface area (Å²) < 4.78 is 17.0. The Balaban J connectivity index is 2.40. The minimum absolute atomic E-state index is 0.382. The Morgan fingerprint density at radius 2 is 1.75 bits per heavy atom. The summed E-state index contributed by atoms with van der Waals surface area (Å²) in [7, 11) is 2.97. The van der Waals surface area contributed by atoms with Crippen molar-refractivity contribution < 1.29 is 19.0 Å². The lowest BCUT2D eigenvalue weighted by Crippen LogP contribution is -1.99. The molecule has 0 bridgehead atoms. The molecule has 0 radical (unpaired) electrons. The Hall–Kier alpha value is -1.24. The zero-order valence-electron chi connectivity index (χ0n) is 14.6. The van der Waals surface area contributed by atoms with Crippen molar-refractivity contribution in [2.45, 2.75) is 38.5 Å². The van der Waals surface area contributed by atoms with E-state index in [-0.39, 0.29) is 5.97 Å². The normalized spacial score (nSPS) is 10.8. The van der Waals surface area contributed by atoms with Crippen molar-refractivity contribution >= 4 is 34.6 Å². The number of methoxy groups -OCH3 is 2. The molecule has 4 nitrogen and oxygen atoms in total. The van der Waals surface area contributed by atoms with Gasteiger partial charge in [0.2, 0.25) is 0 Å². The third-order valence-electron chi connectivity index (χ3n) is 3.59. The summed E-state index contributed by atoms with van der Waals surface area (Å²) in [5.74, 6) is 1.02. The Morgan fingerprint density at radius 3 is 2.42 bits per heavy atom. The van der Waals surface area contributed by atoms with E-state index in [0.29, 0.717) is 12.4 Å². The van der Waals surface area contributed by atoms with E-state index in [0.717, 1.165) is 17.7 Å². The minimum atomic E-state index is -0.382. The molecule has 134 valence electrons. The molecule has 0 heterocycles. The second kappa shape index (κ2) is 13.1. The van der Waals surface area contributed by atoms with Crippen LogP contribution in [0.4, 0.5) is 0 Å². The highest BCUT2D eigenvalue weighted by atomic mass is 127. The first-order chi connectivity index (χ1) is 11.7.